The predicted molar refractivity (Wildman–Crippen MR) is 144 cm³/mol. The molecule has 1 atom stereocenters. The second kappa shape index (κ2) is 12.7. The lowest BCUT2D eigenvalue weighted by Crippen LogP contribution is -2.52. The van der Waals surface area contributed by atoms with Crippen molar-refractivity contribution in [3.8, 4) is 0 Å². The number of benzene rings is 3. The lowest BCUT2D eigenvalue weighted by molar-refractivity contribution is -0.136. The molecule has 18 heteroatoms. The molecule has 6 rings (SSSR count). The van der Waals surface area contributed by atoms with Crippen molar-refractivity contribution < 1.29 is 62.7 Å². The zero-order valence-electron chi connectivity index (χ0n) is 24.7. The molecule has 3 aliphatic rings. The van der Waals surface area contributed by atoms with Gasteiger partial charge in [0, 0.05) is 55.8 Å². The van der Waals surface area contributed by atoms with Gasteiger partial charge in [0.05, 0.1) is 23.7 Å². The summed E-state index contributed by atoms with van der Waals surface area (Å²) in [5, 5.41) is 2.13. The molecule has 7 nitrogen and oxygen atoms in total. The number of hydrogen-bond donors (Lipinski definition) is 1. The first-order valence-corrected chi connectivity index (χ1v) is 14.6. The van der Waals surface area contributed by atoms with Crippen LogP contribution in [0.15, 0.2) is 12.1 Å². The van der Waals surface area contributed by atoms with Crippen LogP contribution in [0, 0.1) is 64.0 Å². The summed E-state index contributed by atoms with van der Waals surface area (Å²) >= 11 is 0. The van der Waals surface area contributed by atoms with Gasteiger partial charge in [-0.25, -0.2) is 48.3 Å². The third-order valence-corrected chi connectivity index (χ3v) is 8.93. The first-order valence-electron chi connectivity index (χ1n) is 14.6. The number of piperidine rings is 1. The normalized spacial score (nSPS) is 18.9. The summed E-state index contributed by atoms with van der Waals surface area (Å²) in [6.45, 7) is -1.91. The molecule has 2 fully saturated rings. The van der Waals surface area contributed by atoms with Crippen LogP contribution in [0.25, 0.3) is 0 Å². The average molecular weight is 707 g/mol. The van der Waals surface area contributed by atoms with E-state index >= 15 is 4.39 Å². The topological polar surface area (TPSA) is 73.0 Å². The second-order valence-corrected chi connectivity index (χ2v) is 11.6. The molecular weight excluding hydrogens is 685 g/mol. The molecule has 3 aromatic rings. The first kappa shape index (κ1) is 34.3. The highest BCUT2D eigenvalue weighted by molar-refractivity contribution is 6.05. The highest BCUT2D eigenvalue weighted by Gasteiger charge is 2.43. The number of amides is 3. The van der Waals surface area contributed by atoms with Crippen LogP contribution in [0.2, 0.25) is 0 Å². The smallest absolute Gasteiger partial charge is 0.255 e. The van der Waals surface area contributed by atoms with Crippen molar-refractivity contribution in [2.24, 2.45) is 0 Å². The van der Waals surface area contributed by atoms with Crippen LogP contribution in [-0.4, -0.2) is 64.6 Å². The number of nitrogens with one attached hydrogen (secondary N) is 1. The van der Waals surface area contributed by atoms with Gasteiger partial charge in [-0.05, 0) is 12.5 Å². The van der Waals surface area contributed by atoms with Crippen LogP contribution in [0.1, 0.15) is 51.5 Å². The van der Waals surface area contributed by atoms with E-state index in [0.29, 0.717) is 0 Å². The van der Waals surface area contributed by atoms with E-state index in [2.05, 4.69) is 5.32 Å². The Morgan fingerprint density at radius 1 is 0.653 bits per heavy atom. The van der Waals surface area contributed by atoms with Crippen molar-refractivity contribution in [2.45, 2.75) is 38.0 Å². The first-order chi connectivity index (χ1) is 23.1. The summed E-state index contributed by atoms with van der Waals surface area (Å²) in [7, 11) is 0. The van der Waals surface area contributed by atoms with Gasteiger partial charge < -0.3 is 4.90 Å². The van der Waals surface area contributed by atoms with Gasteiger partial charge in [0.25, 0.3) is 5.91 Å². The van der Waals surface area contributed by atoms with Gasteiger partial charge in [0.15, 0.2) is 46.5 Å². The van der Waals surface area contributed by atoms with Gasteiger partial charge in [-0.15, -0.1) is 0 Å². The number of carbonyl (C=O) groups excluding carboxylic acids is 3. The molecule has 3 heterocycles. The quantitative estimate of drug-likeness (QED) is 0.171. The third kappa shape index (κ3) is 5.59. The highest BCUT2D eigenvalue weighted by atomic mass is 19.2. The molecule has 0 spiro atoms. The zero-order chi connectivity index (χ0) is 35.6. The Morgan fingerprint density at radius 2 is 1.14 bits per heavy atom. The Labute approximate surface area is 268 Å². The molecule has 0 bridgehead atoms. The molecule has 260 valence electrons. The lowest BCUT2D eigenvalue weighted by atomic mass is 9.93. The Morgan fingerprint density at radius 3 is 1.63 bits per heavy atom. The molecule has 0 aromatic heterocycles. The van der Waals surface area contributed by atoms with E-state index in [9.17, 15) is 58.3 Å². The summed E-state index contributed by atoms with van der Waals surface area (Å²) < 4.78 is 160. The van der Waals surface area contributed by atoms with Gasteiger partial charge in [0.2, 0.25) is 23.4 Å². The van der Waals surface area contributed by atoms with Crippen LogP contribution in [0.3, 0.4) is 0 Å². The summed E-state index contributed by atoms with van der Waals surface area (Å²) in [5.41, 5.74) is -3.68. The van der Waals surface area contributed by atoms with Crippen molar-refractivity contribution >= 4 is 17.7 Å². The molecule has 0 radical (unpaired) electrons. The molecular formula is C31H21F11N4O3. The molecule has 49 heavy (non-hydrogen) atoms. The standard InChI is InChI=1S/C31H21F11N4O3/c32-18-11(1-2-12-13(18)10-46(31(12)49)14-3-4-15(47)43-30(14)48)9-44-5-7-45(8-6-44)29(16-19(33)23(37)27(41)24(38)20(16)34)17-21(35)25(39)28(42)26(40)22(17)36/h1-2,14,29H,3-10H2,(H,43,47,48). The largest absolute Gasteiger partial charge is 0.322 e. The van der Waals surface area contributed by atoms with E-state index in [1.54, 1.807) is 0 Å². The fourth-order valence-electron chi connectivity index (χ4n) is 6.43. The second-order valence-electron chi connectivity index (χ2n) is 11.6. The van der Waals surface area contributed by atoms with Gasteiger partial charge in [-0.2, -0.15) is 0 Å². The zero-order valence-corrected chi connectivity index (χ0v) is 24.7. The maximum atomic E-state index is 15.7. The van der Waals surface area contributed by atoms with Gasteiger partial charge in [-0.3, -0.25) is 29.5 Å². The van der Waals surface area contributed by atoms with Crippen molar-refractivity contribution in [1.29, 1.82) is 0 Å². The van der Waals surface area contributed by atoms with E-state index in [0.717, 1.165) is 9.80 Å². The summed E-state index contributed by atoms with van der Waals surface area (Å²) in [6.07, 6.45) is 0.0197. The number of halogens is 11. The molecule has 0 aliphatic carbocycles. The average Bonchev–Trinajstić information content (AvgIpc) is 3.41. The molecule has 3 aliphatic heterocycles. The van der Waals surface area contributed by atoms with Crippen LogP contribution in [0.4, 0.5) is 48.3 Å². The van der Waals surface area contributed by atoms with E-state index < -0.39 is 118 Å². The summed E-state index contributed by atoms with van der Waals surface area (Å²) in [4.78, 5) is 40.2. The minimum atomic E-state index is -2.68. The number of rotatable bonds is 6. The highest BCUT2D eigenvalue weighted by Crippen LogP contribution is 2.40. The maximum Gasteiger partial charge on any atom is 0.255 e. The number of imide groups is 1. The van der Waals surface area contributed by atoms with E-state index in [1.165, 1.54) is 17.0 Å². The fraction of sp³-hybridized carbons (Fsp3) is 0.323. The van der Waals surface area contributed by atoms with E-state index in [4.69, 9.17) is 0 Å². The van der Waals surface area contributed by atoms with Crippen LogP contribution in [-0.2, 0) is 22.7 Å². The van der Waals surface area contributed by atoms with Crippen LogP contribution < -0.4 is 5.32 Å². The SMILES string of the molecule is O=C1CCC(N2Cc3c(ccc(CN4CCN(C(c5c(F)c(F)c(F)c(F)c5F)c5c(F)c(F)c(F)c(F)c5F)CC4)c3F)C2=O)C(=O)N1. The van der Waals surface area contributed by atoms with Crippen molar-refractivity contribution in [3.05, 3.63) is 104 Å². The minimum Gasteiger partial charge on any atom is -0.322 e. The Balaban J connectivity index is 1.27. The van der Waals surface area contributed by atoms with Crippen LogP contribution in [0.5, 0.6) is 0 Å². The van der Waals surface area contributed by atoms with Crippen molar-refractivity contribution in [3.63, 3.8) is 0 Å². The number of hydrogen-bond acceptors (Lipinski definition) is 5. The van der Waals surface area contributed by atoms with Gasteiger partial charge in [-0.1, -0.05) is 6.07 Å². The Kier molecular flexibility index (Phi) is 8.89. The minimum absolute atomic E-state index is 0.00996. The lowest BCUT2D eigenvalue weighted by Gasteiger charge is -2.40. The third-order valence-electron chi connectivity index (χ3n) is 8.93. The monoisotopic (exact) mass is 706 g/mol. The summed E-state index contributed by atoms with van der Waals surface area (Å²) in [6, 6.07) is -1.06. The maximum absolute atomic E-state index is 15.7. The molecule has 0 saturated carbocycles. The van der Waals surface area contributed by atoms with Gasteiger partial charge >= 0.3 is 0 Å². The summed E-state index contributed by atoms with van der Waals surface area (Å²) in [5.74, 6) is -28.1. The molecule has 2 saturated heterocycles. The molecule has 3 aromatic carbocycles. The molecule has 3 amide bonds. The number of nitrogens with zero attached hydrogens (tertiary/aromatic N) is 3. The molecule has 1 unspecified atom stereocenters. The number of fused-ring (bicyclic) bond motifs is 1. The number of carbonyl (C=O) groups is 3. The predicted octanol–water partition coefficient (Wildman–Crippen LogP) is 4.88. The van der Waals surface area contributed by atoms with Crippen molar-refractivity contribution in [2.75, 3.05) is 26.2 Å². The Bertz CT molecular complexity index is 1810. The van der Waals surface area contributed by atoms with Crippen LogP contribution >= 0.6 is 0 Å². The molecule has 1 N–H and O–H groups in total. The number of piperazine rings is 1. The van der Waals surface area contributed by atoms with E-state index in [-0.39, 0.29) is 55.7 Å². The Hall–Kier alpha value is -4.58. The fourth-order valence-corrected chi connectivity index (χ4v) is 6.43. The van der Waals surface area contributed by atoms with Gasteiger partial charge in [0.1, 0.15) is 11.9 Å². The van der Waals surface area contributed by atoms with E-state index in [1.807, 2.05) is 0 Å². The van der Waals surface area contributed by atoms with Crippen molar-refractivity contribution in [1.82, 2.24) is 20.0 Å².